The molecule has 148 valence electrons. The Labute approximate surface area is 168 Å². The second-order valence-corrected chi connectivity index (χ2v) is 8.46. The molecule has 10 heteroatoms. The van der Waals surface area contributed by atoms with Gasteiger partial charge >= 0.3 is 6.03 Å². The number of hydrogen-bond acceptors (Lipinski definition) is 6. The lowest BCUT2D eigenvalue weighted by molar-refractivity contribution is 0.260. The van der Waals surface area contributed by atoms with Gasteiger partial charge in [-0.25, -0.2) is 17.5 Å². The topological polar surface area (TPSA) is 93.5 Å². The van der Waals surface area contributed by atoms with Crippen LogP contribution < -0.4 is 14.4 Å². The number of thiol groups is 1. The second-order valence-electron chi connectivity index (χ2n) is 6.05. The summed E-state index contributed by atoms with van der Waals surface area (Å²) in [5, 5.41) is 7.73. The Morgan fingerprint density at radius 1 is 1.32 bits per heavy atom. The maximum atomic E-state index is 12.8. The second kappa shape index (κ2) is 7.72. The molecule has 1 aromatic heterocycles. The standard InChI is InChI=1S/C18H20N4O4S2/c1-4-21-15-6-5-7-16(13(15)11-19-21)22(27)18(23)20-14-10-12(28(3,24)25)8-9-17(14)26-2/h5-11,27H,4H2,1-3H3,(H,20,23). The van der Waals surface area contributed by atoms with Gasteiger partial charge in [0.05, 0.1) is 35.1 Å². The molecule has 0 radical (unpaired) electrons. The first-order valence-corrected chi connectivity index (χ1v) is 10.7. The number of ether oxygens (including phenoxy) is 1. The first kappa shape index (κ1) is 20.0. The predicted molar refractivity (Wildman–Crippen MR) is 112 cm³/mol. The fourth-order valence-corrected chi connectivity index (χ4v) is 3.69. The normalized spacial score (nSPS) is 11.4. The molecule has 0 aliphatic carbocycles. The highest BCUT2D eigenvalue weighted by Gasteiger charge is 2.19. The predicted octanol–water partition coefficient (Wildman–Crippen LogP) is 3.35. The Morgan fingerprint density at radius 2 is 2.07 bits per heavy atom. The minimum absolute atomic E-state index is 0.0700. The first-order chi connectivity index (χ1) is 13.3. The average Bonchev–Trinajstić information content (AvgIpc) is 3.09. The van der Waals surface area contributed by atoms with Crippen molar-refractivity contribution in [1.29, 1.82) is 0 Å². The number of fused-ring (bicyclic) bond motifs is 1. The van der Waals surface area contributed by atoms with Crippen molar-refractivity contribution in [1.82, 2.24) is 9.78 Å². The van der Waals surface area contributed by atoms with E-state index in [0.717, 1.165) is 21.5 Å². The van der Waals surface area contributed by atoms with Crippen LogP contribution >= 0.6 is 12.8 Å². The van der Waals surface area contributed by atoms with Crippen molar-refractivity contribution in [2.75, 3.05) is 23.0 Å². The SMILES string of the molecule is CCn1ncc2c(N(S)C(=O)Nc3cc(S(C)(=O)=O)ccc3OC)cccc21. The van der Waals surface area contributed by atoms with Gasteiger partial charge in [-0.1, -0.05) is 18.9 Å². The van der Waals surface area contributed by atoms with Crippen molar-refractivity contribution in [3.63, 3.8) is 0 Å². The number of hydrogen-bond donors (Lipinski definition) is 2. The van der Waals surface area contributed by atoms with Crippen molar-refractivity contribution in [2.24, 2.45) is 0 Å². The highest BCUT2D eigenvalue weighted by atomic mass is 32.2. The highest BCUT2D eigenvalue weighted by molar-refractivity contribution is 7.90. The van der Waals surface area contributed by atoms with Gasteiger partial charge in [-0.2, -0.15) is 5.10 Å². The van der Waals surface area contributed by atoms with Crippen molar-refractivity contribution < 1.29 is 17.9 Å². The van der Waals surface area contributed by atoms with Crippen LogP contribution in [0.1, 0.15) is 6.92 Å². The van der Waals surface area contributed by atoms with E-state index in [1.54, 1.807) is 12.3 Å². The molecule has 0 aliphatic heterocycles. The zero-order valence-electron chi connectivity index (χ0n) is 15.6. The number of urea groups is 1. The van der Waals surface area contributed by atoms with Crippen molar-refractivity contribution >= 4 is 51.0 Å². The molecule has 2 aromatic carbocycles. The molecule has 0 atom stereocenters. The number of benzene rings is 2. The van der Waals surface area contributed by atoms with E-state index in [1.165, 1.54) is 25.3 Å². The number of carbonyl (C=O) groups excluding carboxylic acids is 1. The summed E-state index contributed by atoms with van der Waals surface area (Å²) >= 11 is 4.33. The lowest BCUT2D eigenvalue weighted by Crippen LogP contribution is -2.27. The maximum absolute atomic E-state index is 12.8. The Morgan fingerprint density at radius 3 is 2.71 bits per heavy atom. The first-order valence-electron chi connectivity index (χ1n) is 8.39. The van der Waals surface area contributed by atoms with E-state index in [2.05, 4.69) is 23.2 Å². The largest absolute Gasteiger partial charge is 0.495 e. The van der Waals surface area contributed by atoms with Gasteiger partial charge in [-0.15, -0.1) is 0 Å². The summed E-state index contributed by atoms with van der Waals surface area (Å²) in [4.78, 5) is 12.8. The van der Waals surface area contributed by atoms with Gasteiger partial charge in [-0.3, -0.25) is 4.68 Å². The number of methoxy groups -OCH3 is 1. The van der Waals surface area contributed by atoms with Gasteiger partial charge in [0.1, 0.15) is 5.75 Å². The summed E-state index contributed by atoms with van der Waals surface area (Å²) < 4.78 is 31.8. The van der Waals surface area contributed by atoms with Gasteiger partial charge in [0.25, 0.3) is 0 Å². The number of carbonyl (C=O) groups is 1. The minimum atomic E-state index is -3.44. The van der Waals surface area contributed by atoms with Crippen LogP contribution in [0.5, 0.6) is 5.75 Å². The van der Waals surface area contributed by atoms with Gasteiger partial charge in [0.2, 0.25) is 0 Å². The van der Waals surface area contributed by atoms with Crippen LogP contribution in [0.25, 0.3) is 10.9 Å². The van der Waals surface area contributed by atoms with Crippen LogP contribution in [-0.2, 0) is 16.4 Å². The van der Waals surface area contributed by atoms with E-state index in [-0.39, 0.29) is 10.6 Å². The molecule has 8 nitrogen and oxygen atoms in total. The quantitative estimate of drug-likeness (QED) is 0.618. The van der Waals surface area contributed by atoms with Crippen LogP contribution in [-0.4, -0.2) is 37.6 Å². The third-order valence-electron chi connectivity index (χ3n) is 4.23. The molecule has 0 bridgehead atoms. The van der Waals surface area contributed by atoms with E-state index in [4.69, 9.17) is 4.74 Å². The number of aryl methyl sites for hydroxylation is 1. The van der Waals surface area contributed by atoms with Crippen LogP contribution in [0.15, 0.2) is 47.5 Å². The van der Waals surface area contributed by atoms with E-state index >= 15 is 0 Å². The molecular weight excluding hydrogens is 400 g/mol. The fourth-order valence-electron chi connectivity index (χ4n) is 2.82. The number of sulfone groups is 1. The average molecular weight is 421 g/mol. The molecule has 0 aliphatic rings. The Kier molecular flexibility index (Phi) is 5.52. The van der Waals surface area contributed by atoms with Crippen LogP contribution in [0.3, 0.4) is 0 Å². The number of rotatable bonds is 5. The molecule has 0 fully saturated rings. The molecule has 28 heavy (non-hydrogen) atoms. The lowest BCUT2D eigenvalue weighted by Gasteiger charge is -2.19. The van der Waals surface area contributed by atoms with Crippen molar-refractivity contribution in [2.45, 2.75) is 18.4 Å². The van der Waals surface area contributed by atoms with Crippen molar-refractivity contribution in [3.8, 4) is 5.75 Å². The molecule has 0 spiro atoms. The van der Waals surface area contributed by atoms with Gasteiger partial charge in [0, 0.05) is 18.2 Å². The lowest BCUT2D eigenvalue weighted by atomic mass is 10.2. The third-order valence-corrected chi connectivity index (χ3v) is 5.73. The molecule has 3 rings (SSSR count). The summed E-state index contributed by atoms with van der Waals surface area (Å²) in [5.74, 6) is 0.333. The van der Waals surface area contributed by atoms with Gasteiger partial charge < -0.3 is 10.1 Å². The molecule has 0 saturated carbocycles. The van der Waals surface area contributed by atoms with E-state index in [0.29, 0.717) is 18.0 Å². The monoisotopic (exact) mass is 420 g/mol. The Hall–Kier alpha value is -2.72. The zero-order chi connectivity index (χ0) is 20.5. The van der Waals surface area contributed by atoms with E-state index in [9.17, 15) is 13.2 Å². The number of nitrogens with one attached hydrogen (secondary N) is 1. The van der Waals surface area contributed by atoms with Crippen molar-refractivity contribution in [3.05, 3.63) is 42.6 Å². The Balaban J connectivity index is 1.94. The maximum Gasteiger partial charge on any atom is 0.336 e. The molecular formula is C18H20N4O4S2. The molecule has 3 aromatic rings. The summed E-state index contributed by atoms with van der Waals surface area (Å²) in [6.45, 7) is 2.67. The molecule has 2 amide bonds. The fraction of sp³-hybridized carbons (Fsp3) is 0.222. The minimum Gasteiger partial charge on any atom is -0.495 e. The van der Waals surface area contributed by atoms with Gasteiger partial charge in [-0.05, 0) is 37.3 Å². The summed E-state index contributed by atoms with van der Waals surface area (Å²) in [6, 6.07) is 9.16. The zero-order valence-corrected chi connectivity index (χ0v) is 17.3. The summed E-state index contributed by atoms with van der Waals surface area (Å²) in [6.07, 6.45) is 2.77. The Bertz CT molecular complexity index is 1140. The smallest absolute Gasteiger partial charge is 0.336 e. The summed E-state index contributed by atoms with van der Waals surface area (Å²) in [7, 11) is -2.00. The summed E-state index contributed by atoms with van der Waals surface area (Å²) in [5.41, 5.74) is 1.66. The molecule has 1 heterocycles. The van der Waals surface area contributed by atoms with Gasteiger partial charge in [0.15, 0.2) is 9.84 Å². The molecule has 0 unspecified atom stereocenters. The highest BCUT2D eigenvalue weighted by Crippen LogP contribution is 2.31. The number of amides is 2. The third kappa shape index (κ3) is 3.78. The van der Waals surface area contributed by atoms with Crippen LogP contribution in [0, 0.1) is 0 Å². The van der Waals surface area contributed by atoms with E-state index in [1.807, 2.05) is 23.7 Å². The number of nitrogens with zero attached hydrogens (tertiary/aromatic N) is 3. The number of anilines is 2. The van der Waals surface area contributed by atoms with Crippen LogP contribution in [0.2, 0.25) is 0 Å². The molecule has 0 saturated heterocycles. The van der Waals surface area contributed by atoms with E-state index < -0.39 is 15.9 Å². The number of aromatic nitrogens is 2. The van der Waals surface area contributed by atoms with Crippen LogP contribution in [0.4, 0.5) is 16.2 Å². The molecule has 1 N–H and O–H groups in total.